The number of carbonyl (C=O) groups excluding carboxylic acids is 3. The highest BCUT2D eigenvalue weighted by Gasteiger charge is 2.36. The van der Waals surface area contributed by atoms with Gasteiger partial charge in [-0.2, -0.15) is 0 Å². The largest absolute Gasteiger partial charge is 0.508 e. The third-order valence-electron chi connectivity index (χ3n) is 7.63. The lowest BCUT2D eigenvalue weighted by molar-refractivity contribution is -0.140. The summed E-state index contributed by atoms with van der Waals surface area (Å²) in [6, 6.07) is 18.2. The maximum Gasteiger partial charge on any atom is 0.408 e. The Kier molecular flexibility index (Phi) is 12.6. The van der Waals surface area contributed by atoms with E-state index in [0.717, 1.165) is 36.0 Å². The molecule has 0 spiro atoms. The van der Waals surface area contributed by atoms with E-state index in [9.17, 15) is 19.5 Å². The molecular weight excluding hydrogens is 566 g/mol. The van der Waals surface area contributed by atoms with E-state index in [4.69, 9.17) is 4.74 Å². The first kappa shape index (κ1) is 35.2. The highest BCUT2D eigenvalue weighted by molar-refractivity contribution is 6.00. The molecule has 0 radical (unpaired) electrons. The SMILES string of the molecule is CCCCCCN(C(=O)C(Cc1ccccc1)NC(=O)OC(C)(C)C)C(C(=O)Nc1c(C)cccc1C)c1ccc(O)c(C)c1. The molecule has 0 aromatic heterocycles. The summed E-state index contributed by atoms with van der Waals surface area (Å²) in [7, 11) is 0. The Hall–Kier alpha value is -4.33. The van der Waals surface area contributed by atoms with Crippen LogP contribution >= 0.6 is 0 Å². The zero-order chi connectivity index (χ0) is 33.1. The van der Waals surface area contributed by atoms with Gasteiger partial charge in [-0.15, -0.1) is 0 Å². The van der Waals surface area contributed by atoms with Gasteiger partial charge in [0.1, 0.15) is 23.4 Å². The summed E-state index contributed by atoms with van der Waals surface area (Å²) in [6.07, 6.45) is 3.06. The van der Waals surface area contributed by atoms with Crippen LogP contribution in [-0.2, 0) is 20.7 Å². The van der Waals surface area contributed by atoms with Crippen LogP contribution in [0.4, 0.5) is 10.5 Å². The molecule has 2 atom stereocenters. The maximum absolute atomic E-state index is 14.7. The molecule has 8 nitrogen and oxygen atoms in total. The van der Waals surface area contributed by atoms with Crippen LogP contribution in [0.15, 0.2) is 66.7 Å². The molecule has 3 aromatic carbocycles. The van der Waals surface area contributed by atoms with Gasteiger partial charge in [-0.1, -0.05) is 80.8 Å². The number of hydrogen-bond donors (Lipinski definition) is 3. The summed E-state index contributed by atoms with van der Waals surface area (Å²) in [5.41, 5.74) is 3.74. The molecule has 3 rings (SSSR count). The highest BCUT2D eigenvalue weighted by Crippen LogP contribution is 2.30. The van der Waals surface area contributed by atoms with E-state index < -0.39 is 29.7 Å². The smallest absolute Gasteiger partial charge is 0.408 e. The molecule has 0 heterocycles. The van der Waals surface area contributed by atoms with Gasteiger partial charge in [0, 0.05) is 18.7 Å². The number of alkyl carbamates (subject to hydrolysis) is 1. The van der Waals surface area contributed by atoms with E-state index in [-0.39, 0.29) is 18.1 Å². The molecule has 8 heteroatoms. The van der Waals surface area contributed by atoms with Gasteiger partial charge >= 0.3 is 6.09 Å². The van der Waals surface area contributed by atoms with Crippen LogP contribution < -0.4 is 10.6 Å². The zero-order valence-corrected chi connectivity index (χ0v) is 27.8. The Morgan fingerprint density at radius 2 is 1.53 bits per heavy atom. The number of phenols is 1. The van der Waals surface area contributed by atoms with Crippen molar-refractivity contribution in [3.05, 3.63) is 94.5 Å². The van der Waals surface area contributed by atoms with Gasteiger partial charge in [0.2, 0.25) is 5.91 Å². The molecule has 45 heavy (non-hydrogen) atoms. The van der Waals surface area contributed by atoms with E-state index >= 15 is 0 Å². The fraction of sp³-hybridized carbons (Fsp3) is 0.432. The molecule has 3 aromatic rings. The van der Waals surface area contributed by atoms with E-state index in [0.29, 0.717) is 29.8 Å². The standard InChI is InChI=1S/C37H49N3O5/c1-8-9-10-14-22-40(35(43)30(24-28-18-12-11-13-19-28)38-36(44)45-37(5,6)7)33(29-20-21-31(41)27(4)23-29)34(42)39-32-25(2)16-15-17-26(32)3/h11-13,15-21,23,30,33,41H,8-10,14,22,24H2,1-7H3,(H,38,44)(H,39,42). The second kappa shape index (κ2) is 16.1. The van der Waals surface area contributed by atoms with Gasteiger partial charge in [0.25, 0.3) is 5.91 Å². The van der Waals surface area contributed by atoms with E-state index in [1.54, 1.807) is 50.8 Å². The van der Waals surface area contributed by atoms with Crippen molar-refractivity contribution in [2.75, 3.05) is 11.9 Å². The number of anilines is 1. The van der Waals surface area contributed by atoms with E-state index in [1.807, 2.05) is 62.4 Å². The van der Waals surface area contributed by atoms with E-state index in [1.165, 1.54) is 0 Å². The summed E-state index contributed by atoms with van der Waals surface area (Å²) < 4.78 is 5.55. The summed E-state index contributed by atoms with van der Waals surface area (Å²) in [5, 5.41) is 16.2. The number of para-hydroxylation sites is 1. The molecule has 0 fully saturated rings. The molecule has 0 aliphatic rings. The molecule has 0 aliphatic heterocycles. The predicted octanol–water partition coefficient (Wildman–Crippen LogP) is 7.54. The minimum Gasteiger partial charge on any atom is -0.508 e. The van der Waals surface area contributed by atoms with Gasteiger partial charge in [-0.05, 0) is 87.9 Å². The molecule has 0 saturated heterocycles. The molecule has 3 amide bonds. The summed E-state index contributed by atoms with van der Waals surface area (Å²) >= 11 is 0. The Balaban J connectivity index is 2.12. The molecule has 0 bridgehead atoms. The number of unbranched alkanes of at least 4 members (excludes halogenated alkanes) is 3. The average molecular weight is 616 g/mol. The number of amides is 3. The maximum atomic E-state index is 14.7. The van der Waals surface area contributed by atoms with Crippen LogP contribution in [0.25, 0.3) is 0 Å². The number of phenolic OH excluding ortho intramolecular Hbond substituents is 1. The molecule has 242 valence electrons. The minimum absolute atomic E-state index is 0.0991. The molecule has 0 saturated carbocycles. The van der Waals surface area contributed by atoms with Gasteiger partial charge in [0.05, 0.1) is 0 Å². The highest BCUT2D eigenvalue weighted by atomic mass is 16.6. The monoisotopic (exact) mass is 615 g/mol. The first-order valence-corrected chi connectivity index (χ1v) is 15.8. The minimum atomic E-state index is -1.03. The normalized spacial score (nSPS) is 12.6. The fourth-order valence-electron chi connectivity index (χ4n) is 5.30. The summed E-state index contributed by atoms with van der Waals surface area (Å²) in [5.74, 6) is -0.673. The Morgan fingerprint density at radius 3 is 2.13 bits per heavy atom. The van der Waals surface area contributed by atoms with Crippen LogP contribution in [0.5, 0.6) is 5.75 Å². The zero-order valence-electron chi connectivity index (χ0n) is 27.8. The summed E-state index contributed by atoms with van der Waals surface area (Å²) in [6.45, 7) is 13.3. The molecule has 3 N–H and O–H groups in total. The van der Waals surface area contributed by atoms with Crippen molar-refractivity contribution in [2.45, 2.75) is 98.3 Å². The first-order valence-electron chi connectivity index (χ1n) is 15.8. The van der Waals surface area contributed by atoms with Gasteiger partial charge in [0.15, 0.2) is 0 Å². The average Bonchev–Trinajstić information content (AvgIpc) is 2.97. The van der Waals surface area contributed by atoms with Crippen LogP contribution in [0.3, 0.4) is 0 Å². The number of rotatable bonds is 13. The Labute approximate surface area is 268 Å². The molecular formula is C37H49N3O5. The van der Waals surface area contributed by atoms with Gasteiger partial charge in [-0.25, -0.2) is 4.79 Å². The Bertz CT molecular complexity index is 1430. The van der Waals surface area contributed by atoms with Crippen LogP contribution in [0.1, 0.15) is 87.2 Å². The predicted molar refractivity (Wildman–Crippen MR) is 179 cm³/mol. The number of nitrogens with one attached hydrogen (secondary N) is 2. The van der Waals surface area contributed by atoms with Crippen LogP contribution in [0, 0.1) is 20.8 Å². The molecule has 2 unspecified atom stereocenters. The van der Waals surface area contributed by atoms with Crippen LogP contribution in [-0.4, -0.2) is 46.1 Å². The number of hydrogen-bond acceptors (Lipinski definition) is 5. The number of aryl methyl sites for hydroxylation is 3. The lowest BCUT2D eigenvalue weighted by atomic mass is 9.98. The Morgan fingerprint density at radius 1 is 0.867 bits per heavy atom. The van der Waals surface area contributed by atoms with Crippen molar-refractivity contribution in [1.82, 2.24) is 10.2 Å². The van der Waals surface area contributed by atoms with Gasteiger partial charge in [-0.3, -0.25) is 9.59 Å². The third kappa shape index (κ3) is 10.4. The number of carbonyl (C=O) groups is 3. The van der Waals surface area contributed by atoms with Crippen molar-refractivity contribution in [3.8, 4) is 5.75 Å². The number of nitrogens with zero attached hydrogens (tertiary/aromatic N) is 1. The topological polar surface area (TPSA) is 108 Å². The fourth-order valence-corrected chi connectivity index (χ4v) is 5.30. The quantitative estimate of drug-likeness (QED) is 0.172. The van der Waals surface area contributed by atoms with E-state index in [2.05, 4.69) is 17.6 Å². The van der Waals surface area contributed by atoms with Crippen LogP contribution in [0.2, 0.25) is 0 Å². The molecule has 0 aliphatic carbocycles. The van der Waals surface area contributed by atoms with Crippen molar-refractivity contribution < 1.29 is 24.2 Å². The van der Waals surface area contributed by atoms with Crippen molar-refractivity contribution in [1.29, 1.82) is 0 Å². The third-order valence-corrected chi connectivity index (χ3v) is 7.63. The van der Waals surface area contributed by atoms with Crippen molar-refractivity contribution >= 4 is 23.6 Å². The van der Waals surface area contributed by atoms with Crippen molar-refractivity contribution in [3.63, 3.8) is 0 Å². The van der Waals surface area contributed by atoms with Gasteiger partial charge < -0.3 is 25.4 Å². The number of benzene rings is 3. The lowest BCUT2D eigenvalue weighted by Gasteiger charge is -2.35. The number of ether oxygens (including phenoxy) is 1. The second-order valence-corrected chi connectivity index (χ2v) is 12.7. The lowest BCUT2D eigenvalue weighted by Crippen LogP contribution is -2.53. The van der Waals surface area contributed by atoms with Crippen molar-refractivity contribution in [2.24, 2.45) is 0 Å². The second-order valence-electron chi connectivity index (χ2n) is 12.7. The summed E-state index contributed by atoms with van der Waals surface area (Å²) in [4.78, 5) is 43.7. The first-order chi connectivity index (χ1) is 21.3. The number of aromatic hydroxyl groups is 1.